The number of ether oxygens (including phenoxy) is 1. The molecule has 0 aliphatic rings. The third-order valence-corrected chi connectivity index (χ3v) is 5.96. The number of nitriles is 1. The Balaban J connectivity index is 1.58. The predicted molar refractivity (Wildman–Crippen MR) is 138 cm³/mol. The highest BCUT2D eigenvalue weighted by molar-refractivity contribution is 5.89. The largest absolute Gasteiger partial charge is 0.462 e. The van der Waals surface area contributed by atoms with Crippen LogP contribution in [-0.2, 0) is 25.3 Å². The van der Waals surface area contributed by atoms with Crippen molar-refractivity contribution in [3.63, 3.8) is 0 Å². The zero-order valence-electron chi connectivity index (χ0n) is 20.6. The van der Waals surface area contributed by atoms with E-state index in [9.17, 15) is 19.6 Å². The molecule has 3 rings (SSSR count). The van der Waals surface area contributed by atoms with Crippen molar-refractivity contribution in [3.05, 3.63) is 98.2 Å². The highest BCUT2D eigenvalue weighted by Crippen LogP contribution is 2.10. The van der Waals surface area contributed by atoms with Crippen molar-refractivity contribution < 1.29 is 9.53 Å². The van der Waals surface area contributed by atoms with Crippen molar-refractivity contribution in [2.45, 2.75) is 12.8 Å². The van der Waals surface area contributed by atoms with E-state index >= 15 is 0 Å². The summed E-state index contributed by atoms with van der Waals surface area (Å²) in [5.74, 6) is 0.105. The van der Waals surface area contributed by atoms with Crippen LogP contribution in [0.25, 0.3) is 0 Å². The zero-order valence-corrected chi connectivity index (χ0v) is 20.6. The molecule has 0 spiro atoms. The number of anilines is 1. The summed E-state index contributed by atoms with van der Waals surface area (Å²) in [5, 5.41) is 12.6. The molecular formula is C27H31N5O4. The lowest BCUT2D eigenvalue weighted by atomic mass is 10.1. The van der Waals surface area contributed by atoms with Crippen LogP contribution in [0.2, 0.25) is 0 Å². The fraction of sp³-hybridized carbons (Fsp3) is 0.333. The van der Waals surface area contributed by atoms with Crippen LogP contribution in [0.4, 0.5) is 5.82 Å². The lowest BCUT2D eigenvalue weighted by molar-refractivity contribution is 0.0488. The molecule has 0 bridgehead atoms. The van der Waals surface area contributed by atoms with E-state index in [2.05, 4.69) is 16.3 Å². The third kappa shape index (κ3) is 7.17. The summed E-state index contributed by atoms with van der Waals surface area (Å²) in [7, 11) is 3.06. The Labute approximate surface area is 210 Å². The van der Waals surface area contributed by atoms with Crippen LogP contribution in [0.3, 0.4) is 0 Å². The van der Waals surface area contributed by atoms with Gasteiger partial charge in [0.05, 0.1) is 23.8 Å². The van der Waals surface area contributed by atoms with Gasteiger partial charge in [0.15, 0.2) is 0 Å². The van der Waals surface area contributed by atoms with Crippen LogP contribution in [0.1, 0.15) is 27.9 Å². The Morgan fingerprint density at radius 3 is 2.47 bits per heavy atom. The fourth-order valence-corrected chi connectivity index (χ4v) is 3.82. The summed E-state index contributed by atoms with van der Waals surface area (Å²) in [4.78, 5) is 38.5. The van der Waals surface area contributed by atoms with E-state index in [-0.39, 0.29) is 18.1 Å². The molecule has 0 radical (unpaired) electrons. The second-order valence-corrected chi connectivity index (χ2v) is 8.41. The first-order valence-corrected chi connectivity index (χ1v) is 11.8. The average molecular weight is 490 g/mol. The van der Waals surface area contributed by atoms with Crippen molar-refractivity contribution in [2.75, 3.05) is 38.1 Å². The zero-order chi connectivity index (χ0) is 25.9. The number of rotatable bonds is 12. The maximum absolute atomic E-state index is 12.2. The van der Waals surface area contributed by atoms with E-state index in [1.54, 1.807) is 37.4 Å². The van der Waals surface area contributed by atoms with Gasteiger partial charge in [-0.1, -0.05) is 36.4 Å². The number of carbonyl (C=O) groups excluding carboxylic acids is 1. The van der Waals surface area contributed by atoms with Crippen LogP contribution < -0.4 is 16.6 Å². The number of esters is 1. The molecule has 0 saturated heterocycles. The molecule has 36 heavy (non-hydrogen) atoms. The second-order valence-electron chi connectivity index (χ2n) is 8.41. The lowest BCUT2D eigenvalue weighted by Crippen LogP contribution is -2.38. The molecule has 0 aliphatic carbocycles. The van der Waals surface area contributed by atoms with Gasteiger partial charge in [-0.25, -0.2) is 9.59 Å². The van der Waals surface area contributed by atoms with E-state index in [4.69, 9.17) is 4.74 Å². The van der Waals surface area contributed by atoms with Crippen molar-refractivity contribution in [1.29, 1.82) is 5.26 Å². The first-order valence-electron chi connectivity index (χ1n) is 11.8. The Kier molecular flexibility index (Phi) is 9.60. The molecule has 1 heterocycles. The van der Waals surface area contributed by atoms with Crippen LogP contribution in [-0.4, -0.2) is 52.8 Å². The van der Waals surface area contributed by atoms with Crippen LogP contribution >= 0.6 is 0 Å². The molecule has 188 valence electrons. The lowest BCUT2D eigenvalue weighted by Gasteiger charge is -2.23. The minimum atomic E-state index is -0.393. The van der Waals surface area contributed by atoms with Gasteiger partial charge < -0.3 is 15.0 Å². The molecule has 1 N–H and O–H groups in total. The first-order chi connectivity index (χ1) is 17.4. The Hall–Kier alpha value is -4.16. The van der Waals surface area contributed by atoms with Gasteiger partial charge in [0, 0.05) is 46.3 Å². The van der Waals surface area contributed by atoms with Gasteiger partial charge in [-0.3, -0.25) is 13.9 Å². The molecule has 9 heteroatoms. The van der Waals surface area contributed by atoms with Gasteiger partial charge in [-0.05, 0) is 36.6 Å². The summed E-state index contributed by atoms with van der Waals surface area (Å²) >= 11 is 0. The fourth-order valence-electron chi connectivity index (χ4n) is 3.82. The van der Waals surface area contributed by atoms with Crippen molar-refractivity contribution in [3.8, 4) is 6.07 Å². The number of nitrogens with one attached hydrogen (secondary N) is 1. The molecule has 0 unspecified atom stereocenters. The summed E-state index contributed by atoms with van der Waals surface area (Å²) in [5.41, 5.74) is 1.39. The van der Waals surface area contributed by atoms with Gasteiger partial charge in [0.1, 0.15) is 5.82 Å². The predicted octanol–water partition coefficient (Wildman–Crippen LogP) is 2.16. The number of benzene rings is 2. The molecule has 1 aromatic heterocycles. The molecule has 2 aromatic carbocycles. The smallest absolute Gasteiger partial charge is 0.338 e. The maximum atomic E-state index is 12.2. The van der Waals surface area contributed by atoms with E-state index in [1.807, 2.05) is 24.3 Å². The molecule has 0 saturated carbocycles. The number of carbonyl (C=O) groups is 1. The molecule has 0 aliphatic heterocycles. The number of hydrogen-bond donors (Lipinski definition) is 1. The van der Waals surface area contributed by atoms with Crippen LogP contribution in [0, 0.1) is 11.3 Å². The van der Waals surface area contributed by atoms with E-state index < -0.39 is 5.69 Å². The van der Waals surface area contributed by atoms with Gasteiger partial charge >= 0.3 is 11.7 Å². The normalized spacial score (nSPS) is 10.7. The van der Waals surface area contributed by atoms with Gasteiger partial charge in [-0.2, -0.15) is 5.26 Å². The Bertz CT molecular complexity index is 1320. The van der Waals surface area contributed by atoms with Crippen molar-refractivity contribution in [1.82, 2.24) is 14.0 Å². The number of nitrogens with zero attached hydrogens (tertiary/aromatic N) is 4. The van der Waals surface area contributed by atoms with Crippen molar-refractivity contribution in [2.24, 2.45) is 14.1 Å². The van der Waals surface area contributed by atoms with E-state index in [0.717, 1.165) is 10.1 Å². The summed E-state index contributed by atoms with van der Waals surface area (Å²) in [6.45, 7) is 2.79. The first kappa shape index (κ1) is 26.4. The molecule has 0 atom stereocenters. The van der Waals surface area contributed by atoms with E-state index in [1.165, 1.54) is 17.7 Å². The maximum Gasteiger partial charge on any atom is 0.338 e. The Morgan fingerprint density at radius 1 is 1.00 bits per heavy atom. The van der Waals surface area contributed by atoms with Gasteiger partial charge in [0.2, 0.25) is 0 Å². The highest BCUT2D eigenvalue weighted by Gasteiger charge is 2.11. The molecule has 0 amide bonds. The van der Waals surface area contributed by atoms with Gasteiger partial charge in [0.25, 0.3) is 5.56 Å². The molecular weight excluding hydrogens is 458 g/mol. The average Bonchev–Trinajstić information content (AvgIpc) is 2.91. The topological polar surface area (TPSA) is 109 Å². The van der Waals surface area contributed by atoms with Crippen molar-refractivity contribution >= 4 is 11.8 Å². The van der Waals surface area contributed by atoms with Crippen LogP contribution in [0.15, 0.2) is 70.3 Å². The molecule has 9 nitrogen and oxygen atoms in total. The quantitative estimate of drug-likeness (QED) is 0.307. The number of aromatic nitrogens is 2. The summed E-state index contributed by atoms with van der Waals surface area (Å²) < 4.78 is 7.86. The number of hydrogen-bond acceptors (Lipinski definition) is 7. The monoisotopic (exact) mass is 489 g/mol. The second kappa shape index (κ2) is 13.1. The summed E-state index contributed by atoms with van der Waals surface area (Å²) in [6, 6.07) is 20.0. The van der Waals surface area contributed by atoms with E-state index in [0.29, 0.717) is 56.0 Å². The SMILES string of the molecule is Cn1c(NCCN(CCCOC(=O)c2ccccc2)CCc2ccccc2C#N)cc(=O)n(C)c1=O. The highest BCUT2D eigenvalue weighted by atomic mass is 16.5. The Morgan fingerprint density at radius 2 is 1.72 bits per heavy atom. The third-order valence-electron chi connectivity index (χ3n) is 5.96. The molecule has 3 aromatic rings. The summed E-state index contributed by atoms with van der Waals surface area (Å²) in [6.07, 6.45) is 1.33. The minimum absolute atomic E-state index is 0.287. The molecule has 0 fully saturated rings. The standard InChI is InChI=1S/C27H31N5O4/c1-30-24(19-25(33)31(2)27(30)35)29-14-17-32(16-13-21-9-6-7-12-23(21)20-28)15-8-18-36-26(34)22-10-4-3-5-11-22/h3-7,9-12,19,29H,8,13-18H2,1-2H3. The van der Waals surface area contributed by atoms with Crippen LogP contribution in [0.5, 0.6) is 0 Å². The van der Waals surface area contributed by atoms with Gasteiger partial charge in [-0.15, -0.1) is 0 Å². The minimum Gasteiger partial charge on any atom is -0.462 e.